The molecular formula is C25H20FIN5O3-. The number of carbonyl (C=O) groups excluding carboxylic acids is 1. The molecule has 2 aromatic carbocycles. The van der Waals surface area contributed by atoms with Crippen LogP contribution in [0.2, 0.25) is 0 Å². The number of nitrogens with one attached hydrogen (secondary N) is 4. The Morgan fingerprint density at radius 3 is 3.00 bits per heavy atom. The normalized spacial score (nSPS) is 16.2. The van der Waals surface area contributed by atoms with Crippen molar-refractivity contribution < 1.29 is 38.6 Å². The van der Waals surface area contributed by atoms with Gasteiger partial charge in [-0.25, -0.2) is 0 Å². The van der Waals surface area contributed by atoms with Crippen molar-refractivity contribution in [2.75, 3.05) is 24.3 Å². The van der Waals surface area contributed by atoms with Gasteiger partial charge in [0.2, 0.25) is 0 Å². The summed E-state index contributed by atoms with van der Waals surface area (Å²) >= 11 is -0.819. The van der Waals surface area contributed by atoms with Crippen LogP contribution in [0.5, 0.6) is 11.5 Å². The Hall–Kier alpha value is -3.80. The van der Waals surface area contributed by atoms with E-state index in [-0.39, 0.29) is 15.6 Å². The number of aromatic amines is 1. The van der Waals surface area contributed by atoms with Gasteiger partial charge in [0.15, 0.2) is 0 Å². The van der Waals surface area contributed by atoms with Crippen LogP contribution in [0.15, 0.2) is 60.9 Å². The van der Waals surface area contributed by atoms with E-state index < -0.39 is 27.4 Å². The van der Waals surface area contributed by atoms with E-state index in [0.717, 1.165) is 28.4 Å². The summed E-state index contributed by atoms with van der Waals surface area (Å²) in [6.07, 6.45) is 3.42. The third kappa shape index (κ3) is 3.83. The number of nitrogens with zero attached hydrogens (tertiary/aromatic N) is 1. The summed E-state index contributed by atoms with van der Waals surface area (Å²) in [4.78, 5) is 21.0. The zero-order chi connectivity index (χ0) is 23.9. The van der Waals surface area contributed by atoms with Gasteiger partial charge in [-0.1, -0.05) is 0 Å². The van der Waals surface area contributed by atoms with Gasteiger partial charge in [-0.15, -0.1) is 0 Å². The predicted octanol–water partition coefficient (Wildman–Crippen LogP) is 1.89. The number of amides is 1. The zero-order valence-electron chi connectivity index (χ0n) is 18.5. The van der Waals surface area contributed by atoms with Crippen LogP contribution >= 0.6 is 0 Å². The second-order valence-corrected chi connectivity index (χ2v) is 10.5. The fourth-order valence-corrected chi connectivity index (χ4v) is 6.31. The monoisotopic (exact) mass is 584 g/mol. The van der Waals surface area contributed by atoms with Crippen LogP contribution in [-0.4, -0.2) is 29.5 Å². The average Bonchev–Trinajstić information content (AvgIpc) is 3.24. The summed E-state index contributed by atoms with van der Waals surface area (Å²) in [5.41, 5.74) is 5.33. The van der Waals surface area contributed by atoms with E-state index in [1.807, 2.05) is 30.3 Å². The quantitative estimate of drug-likeness (QED) is 0.217. The number of hydrogen-bond donors (Lipinski definition) is 4. The Kier molecular flexibility index (Phi) is 5.44. The van der Waals surface area contributed by atoms with Crippen molar-refractivity contribution in [3.8, 4) is 22.8 Å². The van der Waals surface area contributed by atoms with E-state index >= 15 is 0 Å². The molecular weight excluding hydrogens is 564 g/mol. The van der Waals surface area contributed by atoms with Crippen LogP contribution in [0.1, 0.15) is 20.0 Å². The number of benzene rings is 2. The first-order chi connectivity index (χ1) is 17.1. The molecule has 0 saturated carbocycles. The Labute approximate surface area is 211 Å². The van der Waals surface area contributed by atoms with Crippen molar-refractivity contribution >= 4 is 28.7 Å². The number of hydrogen-bond acceptors (Lipinski definition) is 6. The molecule has 0 fully saturated rings. The molecule has 4 N–H and O–H groups in total. The van der Waals surface area contributed by atoms with Crippen LogP contribution in [0.25, 0.3) is 11.3 Å². The number of pyridine rings is 1. The molecule has 0 radical (unpaired) electrons. The van der Waals surface area contributed by atoms with Gasteiger partial charge >= 0.3 is 212 Å². The van der Waals surface area contributed by atoms with E-state index in [1.165, 1.54) is 13.2 Å². The van der Waals surface area contributed by atoms with E-state index in [9.17, 15) is 9.18 Å². The molecule has 0 spiro atoms. The fourth-order valence-electron chi connectivity index (χ4n) is 4.31. The number of fused-ring (bicyclic) bond motifs is 5. The third-order valence-electron chi connectivity index (χ3n) is 5.89. The summed E-state index contributed by atoms with van der Waals surface area (Å²) in [6.45, 7) is 0.475. The number of halogens is 2. The standard InChI is InChI=1S/C25H20FIN5O3/c1-34-24-16(26)6-3-7-18(24)31-23-20-22-17(11-29-25(20)33)27-35-14-5-2-4-13(10-14)30-19-12-28-9-8-15(19)21(23)32-22/h2-10,12,17,30-32H,11H2,1H3,(H,29,33)/q-1/t17-/m1/s1. The molecule has 4 aromatic rings. The second kappa shape index (κ2) is 8.77. The molecule has 2 aliphatic heterocycles. The van der Waals surface area contributed by atoms with E-state index in [4.69, 9.17) is 7.80 Å². The molecule has 1 amide bonds. The molecule has 178 valence electrons. The van der Waals surface area contributed by atoms with E-state index in [1.54, 1.807) is 24.5 Å². The maximum absolute atomic E-state index is 14.5. The van der Waals surface area contributed by atoms with Gasteiger partial charge < -0.3 is 0 Å². The van der Waals surface area contributed by atoms with Gasteiger partial charge in [0.05, 0.1) is 0 Å². The van der Waals surface area contributed by atoms with Gasteiger partial charge in [0.25, 0.3) is 0 Å². The number of carbonyl (C=O) groups is 1. The molecule has 1 atom stereocenters. The Balaban J connectivity index is 1.59. The van der Waals surface area contributed by atoms with Crippen molar-refractivity contribution in [2.45, 2.75) is 3.92 Å². The zero-order valence-corrected chi connectivity index (χ0v) is 20.6. The molecule has 0 saturated heterocycles. The number of para-hydroxylation sites is 1. The number of rotatable bonds is 3. The molecule has 0 unspecified atom stereocenters. The minimum atomic E-state index is -0.819. The van der Waals surface area contributed by atoms with E-state index in [2.05, 4.69) is 25.9 Å². The van der Waals surface area contributed by atoms with Gasteiger partial charge in [-0.3, -0.25) is 0 Å². The fraction of sp³-hybridized carbons (Fsp3) is 0.120. The van der Waals surface area contributed by atoms with Crippen molar-refractivity contribution in [1.82, 2.24) is 15.3 Å². The van der Waals surface area contributed by atoms with Gasteiger partial charge in [-0.05, 0) is 0 Å². The molecule has 0 aliphatic carbocycles. The summed E-state index contributed by atoms with van der Waals surface area (Å²) in [7, 11) is 1.41. The van der Waals surface area contributed by atoms with Gasteiger partial charge in [0, 0.05) is 0 Å². The molecule has 4 bridgehead atoms. The van der Waals surface area contributed by atoms with Gasteiger partial charge in [-0.2, -0.15) is 0 Å². The average molecular weight is 584 g/mol. The Morgan fingerprint density at radius 1 is 1.23 bits per heavy atom. The summed E-state index contributed by atoms with van der Waals surface area (Å²) < 4.78 is 26.0. The number of anilines is 4. The summed E-state index contributed by atoms with van der Waals surface area (Å²) in [5.74, 6) is 0.127. The predicted molar refractivity (Wildman–Crippen MR) is 126 cm³/mol. The van der Waals surface area contributed by atoms with Crippen LogP contribution in [-0.2, 0) is 0 Å². The van der Waals surface area contributed by atoms with Crippen LogP contribution in [0.4, 0.5) is 27.1 Å². The SMILES string of the molecule is COc1c(F)cccc1Nc1c2[nH]c3c1C(=O)NC[C@H]3[I-]Oc1cccc(c1)Nc1cnccc1-2. The molecule has 2 aliphatic rings. The second-order valence-electron chi connectivity index (χ2n) is 8.03. The van der Waals surface area contributed by atoms with Crippen molar-refractivity contribution in [3.63, 3.8) is 0 Å². The number of ether oxygens (including phenoxy) is 1. The van der Waals surface area contributed by atoms with E-state index in [0.29, 0.717) is 29.2 Å². The first-order valence-electron chi connectivity index (χ1n) is 10.9. The molecule has 6 rings (SSSR count). The maximum atomic E-state index is 14.5. The molecule has 35 heavy (non-hydrogen) atoms. The van der Waals surface area contributed by atoms with Crippen LogP contribution < -0.4 is 45.4 Å². The molecule has 8 nitrogen and oxygen atoms in total. The Morgan fingerprint density at radius 2 is 2.11 bits per heavy atom. The van der Waals surface area contributed by atoms with Crippen molar-refractivity contribution in [2.24, 2.45) is 0 Å². The Bertz CT molecular complexity index is 1460. The number of alkyl halides is 1. The van der Waals surface area contributed by atoms with Crippen LogP contribution in [0, 0.1) is 5.82 Å². The molecule has 4 heterocycles. The number of methoxy groups -OCH3 is 1. The third-order valence-corrected chi connectivity index (χ3v) is 8.33. The summed E-state index contributed by atoms with van der Waals surface area (Å²) in [5, 5.41) is 9.70. The molecule has 10 heteroatoms. The first kappa shape index (κ1) is 21.7. The topological polar surface area (TPSA) is 100 Å². The van der Waals surface area contributed by atoms with Crippen LogP contribution in [0.3, 0.4) is 0 Å². The number of H-pyrrole nitrogens is 1. The molecule has 2 aromatic heterocycles. The minimum absolute atomic E-state index is 0.00784. The van der Waals surface area contributed by atoms with Crippen molar-refractivity contribution in [1.29, 1.82) is 0 Å². The number of aromatic nitrogens is 2. The van der Waals surface area contributed by atoms with Gasteiger partial charge in [0.1, 0.15) is 0 Å². The first-order valence-corrected chi connectivity index (χ1v) is 13.0. The van der Waals surface area contributed by atoms with Crippen molar-refractivity contribution in [3.05, 3.63) is 78.0 Å². The summed E-state index contributed by atoms with van der Waals surface area (Å²) in [6, 6.07) is 14.3.